The van der Waals surface area contributed by atoms with Gasteiger partial charge in [-0.2, -0.15) is 0 Å². The van der Waals surface area contributed by atoms with Crippen molar-refractivity contribution in [2.45, 2.75) is 57.9 Å². The second-order valence-corrected chi connectivity index (χ2v) is 5.75. The minimum atomic E-state index is -0.561. The molecule has 1 aliphatic carbocycles. The van der Waals surface area contributed by atoms with Gasteiger partial charge in [-0.05, 0) is 37.8 Å². The first kappa shape index (κ1) is 13.3. The highest BCUT2D eigenvalue weighted by molar-refractivity contribution is 5.90. The second kappa shape index (κ2) is 5.23. The van der Waals surface area contributed by atoms with Gasteiger partial charge in [0, 0.05) is 6.42 Å². The van der Waals surface area contributed by atoms with Gasteiger partial charge < -0.3 is 5.73 Å². The molecule has 0 atom stereocenters. The van der Waals surface area contributed by atoms with Crippen molar-refractivity contribution in [1.82, 2.24) is 0 Å². The van der Waals surface area contributed by atoms with Crippen LogP contribution in [0, 0.1) is 13.8 Å². The van der Waals surface area contributed by atoms with Gasteiger partial charge in [0.1, 0.15) is 0 Å². The molecule has 1 aliphatic rings. The van der Waals surface area contributed by atoms with Gasteiger partial charge in [-0.15, -0.1) is 0 Å². The minimum Gasteiger partial charge on any atom is -0.319 e. The number of benzene rings is 1. The van der Waals surface area contributed by atoms with Crippen LogP contribution in [-0.4, -0.2) is 11.3 Å². The summed E-state index contributed by atoms with van der Waals surface area (Å²) in [5.74, 6) is 0.218. The first-order chi connectivity index (χ1) is 8.51. The zero-order valence-electron chi connectivity index (χ0n) is 11.5. The molecular formula is C16H23NO. The Labute approximate surface area is 110 Å². The van der Waals surface area contributed by atoms with E-state index in [4.69, 9.17) is 5.73 Å². The lowest BCUT2D eigenvalue weighted by molar-refractivity contribution is -0.124. The van der Waals surface area contributed by atoms with Crippen LogP contribution in [0.1, 0.15) is 48.8 Å². The summed E-state index contributed by atoms with van der Waals surface area (Å²) >= 11 is 0. The Hall–Kier alpha value is -1.15. The van der Waals surface area contributed by atoms with Gasteiger partial charge in [-0.3, -0.25) is 4.79 Å². The molecule has 98 valence electrons. The van der Waals surface area contributed by atoms with Crippen LogP contribution in [0.4, 0.5) is 0 Å². The van der Waals surface area contributed by atoms with Crippen molar-refractivity contribution < 1.29 is 4.79 Å². The second-order valence-electron chi connectivity index (χ2n) is 5.75. The monoisotopic (exact) mass is 245 g/mol. The Bertz CT molecular complexity index is 444. The molecule has 0 radical (unpaired) electrons. The van der Waals surface area contributed by atoms with Crippen molar-refractivity contribution >= 4 is 5.78 Å². The third-order valence-electron chi connectivity index (χ3n) is 4.16. The molecule has 2 heteroatoms. The molecule has 1 aromatic rings. The van der Waals surface area contributed by atoms with E-state index >= 15 is 0 Å². The van der Waals surface area contributed by atoms with Crippen molar-refractivity contribution in [2.75, 3.05) is 0 Å². The number of rotatable bonds is 3. The zero-order chi connectivity index (χ0) is 13.2. The summed E-state index contributed by atoms with van der Waals surface area (Å²) in [6.45, 7) is 4.12. The van der Waals surface area contributed by atoms with E-state index in [0.717, 1.165) is 31.2 Å². The van der Waals surface area contributed by atoms with Crippen molar-refractivity contribution in [3.8, 4) is 0 Å². The molecule has 0 amide bonds. The van der Waals surface area contributed by atoms with E-state index in [1.54, 1.807) is 0 Å². The predicted molar refractivity (Wildman–Crippen MR) is 74.6 cm³/mol. The maximum absolute atomic E-state index is 12.4. The number of Topliss-reactive ketones (excluding diaryl/α,β-unsaturated/α-hetero) is 1. The molecule has 0 aliphatic heterocycles. The lowest BCUT2D eigenvalue weighted by atomic mass is 9.77. The van der Waals surface area contributed by atoms with Crippen molar-refractivity contribution in [1.29, 1.82) is 0 Å². The van der Waals surface area contributed by atoms with Gasteiger partial charge in [0.2, 0.25) is 0 Å². The van der Waals surface area contributed by atoms with Gasteiger partial charge in [0.05, 0.1) is 5.54 Å². The maximum Gasteiger partial charge on any atom is 0.157 e. The predicted octanol–water partition coefficient (Wildman–Crippen LogP) is 3.08. The number of aryl methyl sites for hydroxylation is 2. The molecule has 0 spiro atoms. The first-order valence-electron chi connectivity index (χ1n) is 6.90. The topological polar surface area (TPSA) is 43.1 Å². The minimum absolute atomic E-state index is 0.218. The molecule has 0 saturated heterocycles. The molecule has 1 aromatic carbocycles. The van der Waals surface area contributed by atoms with Crippen molar-refractivity contribution in [3.63, 3.8) is 0 Å². The Morgan fingerprint density at radius 3 is 2.56 bits per heavy atom. The fourth-order valence-corrected chi connectivity index (χ4v) is 2.80. The fraction of sp³-hybridized carbons (Fsp3) is 0.562. The SMILES string of the molecule is Cc1ccc(C)c(CC(=O)C2(N)CCCCC2)c1. The molecule has 2 nitrogen and oxygen atoms in total. The van der Waals surface area contributed by atoms with Gasteiger partial charge in [-0.1, -0.05) is 43.0 Å². The summed E-state index contributed by atoms with van der Waals surface area (Å²) in [7, 11) is 0. The number of ketones is 1. The Morgan fingerprint density at radius 1 is 1.22 bits per heavy atom. The first-order valence-corrected chi connectivity index (χ1v) is 6.90. The van der Waals surface area contributed by atoms with E-state index in [1.165, 1.54) is 17.5 Å². The average Bonchev–Trinajstić information content (AvgIpc) is 2.35. The fourth-order valence-electron chi connectivity index (χ4n) is 2.80. The third-order valence-corrected chi connectivity index (χ3v) is 4.16. The van der Waals surface area contributed by atoms with E-state index in [9.17, 15) is 4.79 Å². The normalized spacial score (nSPS) is 18.6. The molecule has 0 bridgehead atoms. The highest BCUT2D eigenvalue weighted by atomic mass is 16.1. The average molecular weight is 245 g/mol. The van der Waals surface area contributed by atoms with Gasteiger partial charge in [0.15, 0.2) is 5.78 Å². The lowest BCUT2D eigenvalue weighted by Gasteiger charge is -2.32. The number of hydrogen-bond acceptors (Lipinski definition) is 2. The molecule has 18 heavy (non-hydrogen) atoms. The summed E-state index contributed by atoms with van der Waals surface area (Å²) < 4.78 is 0. The van der Waals surface area contributed by atoms with Crippen molar-refractivity contribution in [3.05, 3.63) is 34.9 Å². The number of nitrogens with two attached hydrogens (primary N) is 1. The summed E-state index contributed by atoms with van der Waals surface area (Å²) in [4.78, 5) is 12.4. The van der Waals surface area contributed by atoms with Crippen LogP contribution in [0.5, 0.6) is 0 Å². The lowest BCUT2D eigenvalue weighted by Crippen LogP contribution is -2.50. The van der Waals surface area contributed by atoms with E-state index in [0.29, 0.717) is 6.42 Å². The quantitative estimate of drug-likeness (QED) is 0.889. The van der Waals surface area contributed by atoms with E-state index in [1.807, 2.05) is 0 Å². The Balaban J connectivity index is 2.13. The van der Waals surface area contributed by atoms with Crippen LogP contribution < -0.4 is 5.73 Å². The van der Waals surface area contributed by atoms with Crippen LogP contribution in [0.3, 0.4) is 0 Å². The molecule has 2 N–H and O–H groups in total. The third kappa shape index (κ3) is 2.81. The Morgan fingerprint density at radius 2 is 1.89 bits per heavy atom. The zero-order valence-corrected chi connectivity index (χ0v) is 11.5. The maximum atomic E-state index is 12.4. The van der Waals surface area contributed by atoms with Crippen LogP contribution >= 0.6 is 0 Å². The van der Waals surface area contributed by atoms with Crippen LogP contribution in [-0.2, 0) is 11.2 Å². The van der Waals surface area contributed by atoms with E-state index < -0.39 is 5.54 Å². The Kier molecular flexibility index (Phi) is 3.86. The standard InChI is InChI=1S/C16H23NO/c1-12-6-7-13(2)14(10-12)11-15(18)16(17)8-4-3-5-9-16/h6-7,10H,3-5,8-9,11,17H2,1-2H3. The summed E-state index contributed by atoms with van der Waals surface area (Å²) in [5, 5.41) is 0. The number of hydrogen-bond donors (Lipinski definition) is 1. The highest BCUT2D eigenvalue weighted by Gasteiger charge is 2.34. The van der Waals surface area contributed by atoms with Crippen LogP contribution in [0.2, 0.25) is 0 Å². The smallest absolute Gasteiger partial charge is 0.157 e. The van der Waals surface area contributed by atoms with E-state index in [2.05, 4.69) is 32.0 Å². The highest BCUT2D eigenvalue weighted by Crippen LogP contribution is 2.28. The molecule has 1 fully saturated rings. The van der Waals surface area contributed by atoms with Crippen molar-refractivity contribution in [2.24, 2.45) is 5.73 Å². The molecular weight excluding hydrogens is 222 g/mol. The molecule has 0 unspecified atom stereocenters. The van der Waals surface area contributed by atoms with E-state index in [-0.39, 0.29) is 5.78 Å². The molecule has 0 heterocycles. The summed E-state index contributed by atoms with van der Waals surface area (Å²) in [5.41, 5.74) is 9.26. The van der Waals surface area contributed by atoms with Crippen LogP contribution in [0.25, 0.3) is 0 Å². The van der Waals surface area contributed by atoms with Gasteiger partial charge in [-0.25, -0.2) is 0 Å². The summed E-state index contributed by atoms with van der Waals surface area (Å²) in [6.07, 6.45) is 5.61. The number of carbonyl (C=O) groups excluding carboxylic acids is 1. The van der Waals surface area contributed by atoms with Gasteiger partial charge >= 0.3 is 0 Å². The largest absolute Gasteiger partial charge is 0.319 e. The number of carbonyl (C=O) groups is 1. The molecule has 0 aromatic heterocycles. The van der Waals surface area contributed by atoms with Gasteiger partial charge in [0.25, 0.3) is 0 Å². The van der Waals surface area contributed by atoms with Crippen LogP contribution in [0.15, 0.2) is 18.2 Å². The molecule has 1 saturated carbocycles. The molecule has 2 rings (SSSR count). The summed E-state index contributed by atoms with van der Waals surface area (Å²) in [6, 6.07) is 6.28.